The lowest BCUT2D eigenvalue weighted by Gasteiger charge is -2.21. The van der Waals surface area contributed by atoms with E-state index in [-0.39, 0.29) is 5.41 Å². The van der Waals surface area contributed by atoms with E-state index in [4.69, 9.17) is 4.98 Å². The third-order valence-corrected chi connectivity index (χ3v) is 3.77. The molecule has 0 aliphatic rings. The molecule has 0 amide bonds. The molecule has 20 heavy (non-hydrogen) atoms. The van der Waals surface area contributed by atoms with Gasteiger partial charge in [0.25, 0.3) is 0 Å². The molecule has 0 saturated heterocycles. The fourth-order valence-corrected chi connectivity index (χ4v) is 2.91. The van der Waals surface area contributed by atoms with Gasteiger partial charge in [-0.2, -0.15) is 0 Å². The fraction of sp³-hybridized carbons (Fsp3) is 0.400. The Labute approximate surface area is 128 Å². The highest BCUT2D eigenvalue weighted by Gasteiger charge is 2.23. The van der Waals surface area contributed by atoms with Crippen LogP contribution in [0.25, 0.3) is 11.5 Å². The first-order chi connectivity index (χ1) is 9.34. The van der Waals surface area contributed by atoms with Crippen LogP contribution in [0.5, 0.6) is 0 Å². The minimum Gasteiger partial charge on any atom is -0.372 e. The van der Waals surface area contributed by atoms with Crippen molar-refractivity contribution in [2.75, 3.05) is 12.4 Å². The summed E-state index contributed by atoms with van der Waals surface area (Å²) in [4.78, 5) is 13.7. The second kappa shape index (κ2) is 5.48. The normalized spacial score (nSPS) is 11.5. The molecule has 0 aliphatic carbocycles. The molecule has 2 heterocycles. The van der Waals surface area contributed by atoms with Crippen LogP contribution in [0.15, 0.2) is 22.8 Å². The van der Waals surface area contributed by atoms with Crippen LogP contribution in [0.4, 0.5) is 5.82 Å². The van der Waals surface area contributed by atoms with Gasteiger partial charge in [0.15, 0.2) is 5.82 Å². The zero-order valence-corrected chi connectivity index (χ0v) is 14.0. The van der Waals surface area contributed by atoms with Gasteiger partial charge < -0.3 is 5.32 Å². The Morgan fingerprint density at radius 3 is 2.45 bits per heavy atom. The monoisotopic (exact) mass is 334 g/mol. The van der Waals surface area contributed by atoms with Crippen molar-refractivity contribution in [1.29, 1.82) is 0 Å². The quantitative estimate of drug-likeness (QED) is 0.903. The SMILES string of the molecule is CNc1nc(-c2ncccc2C)nc(C(C)(C)C)c1Br. The van der Waals surface area contributed by atoms with Crippen molar-refractivity contribution in [2.24, 2.45) is 0 Å². The van der Waals surface area contributed by atoms with E-state index in [2.05, 4.69) is 52.0 Å². The summed E-state index contributed by atoms with van der Waals surface area (Å²) in [5.74, 6) is 1.44. The first-order valence-corrected chi connectivity index (χ1v) is 7.31. The molecule has 0 radical (unpaired) electrons. The summed E-state index contributed by atoms with van der Waals surface area (Å²) in [5, 5.41) is 3.11. The molecule has 0 unspecified atom stereocenters. The summed E-state index contributed by atoms with van der Waals surface area (Å²) in [7, 11) is 1.86. The predicted octanol–water partition coefficient (Wildman–Crippen LogP) is 3.95. The smallest absolute Gasteiger partial charge is 0.180 e. The van der Waals surface area contributed by atoms with Crippen molar-refractivity contribution in [3.8, 4) is 11.5 Å². The predicted molar refractivity (Wildman–Crippen MR) is 85.9 cm³/mol. The first-order valence-electron chi connectivity index (χ1n) is 6.52. The second-order valence-electron chi connectivity index (χ2n) is 5.73. The Kier molecular flexibility index (Phi) is 4.09. The Morgan fingerprint density at radius 1 is 1.20 bits per heavy atom. The number of nitrogens with one attached hydrogen (secondary N) is 1. The van der Waals surface area contributed by atoms with Crippen molar-refractivity contribution in [1.82, 2.24) is 15.0 Å². The maximum absolute atomic E-state index is 4.72. The average molecular weight is 335 g/mol. The number of rotatable bonds is 2. The number of anilines is 1. The van der Waals surface area contributed by atoms with Crippen LogP contribution in [0.2, 0.25) is 0 Å². The van der Waals surface area contributed by atoms with Crippen molar-refractivity contribution in [3.63, 3.8) is 0 Å². The van der Waals surface area contributed by atoms with Gasteiger partial charge in [-0.25, -0.2) is 9.97 Å². The van der Waals surface area contributed by atoms with Crippen LogP contribution in [0.3, 0.4) is 0 Å². The molecule has 2 rings (SSSR count). The molecule has 5 heteroatoms. The van der Waals surface area contributed by atoms with Gasteiger partial charge in [-0.15, -0.1) is 0 Å². The molecule has 2 aromatic heterocycles. The summed E-state index contributed by atoms with van der Waals surface area (Å²) in [6.07, 6.45) is 1.77. The molecule has 0 bridgehead atoms. The van der Waals surface area contributed by atoms with Crippen molar-refractivity contribution >= 4 is 21.7 Å². The number of hydrogen-bond acceptors (Lipinski definition) is 4. The third-order valence-electron chi connectivity index (χ3n) is 3.02. The van der Waals surface area contributed by atoms with Crippen LogP contribution >= 0.6 is 15.9 Å². The largest absolute Gasteiger partial charge is 0.372 e. The fourth-order valence-electron chi connectivity index (χ4n) is 1.94. The Morgan fingerprint density at radius 2 is 1.90 bits per heavy atom. The summed E-state index contributed by atoms with van der Waals surface area (Å²) in [5.41, 5.74) is 2.78. The molecule has 0 saturated carbocycles. The maximum atomic E-state index is 4.72. The maximum Gasteiger partial charge on any atom is 0.180 e. The number of halogens is 1. The summed E-state index contributed by atoms with van der Waals surface area (Å²) >= 11 is 3.59. The molecule has 1 N–H and O–H groups in total. The first kappa shape index (κ1) is 14.9. The standard InChI is InChI=1S/C15H19BrN4/c1-9-7-6-8-18-11(9)14-19-12(15(2,3)4)10(16)13(17-5)20-14/h6-8H,1-5H3,(H,17,19,20). The molecule has 0 spiro atoms. The number of nitrogens with zero attached hydrogens (tertiary/aromatic N) is 3. The Hall–Kier alpha value is -1.49. The number of hydrogen-bond donors (Lipinski definition) is 1. The topological polar surface area (TPSA) is 50.7 Å². The van der Waals surface area contributed by atoms with E-state index < -0.39 is 0 Å². The van der Waals surface area contributed by atoms with E-state index >= 15 is 0 Å². The molecule has 0 fully saturated rings. The van der Waals surface area contributed by atoms with Crippen LogP contribution in [0, 0.1) is 6.92 Å². The summed E-state index contributed by atoms with van der Waals surface area (Å²) in [6.45, 7) is 8.42. The molecule has 0 atom stereocenters. The minimum absolute atomic E-state index is 0.0786. The Bertz CT molecular complexity index is 632. The number of aromatic nitrogens is 3. The molecular formula is C15H19BrN4. The van der Waals surface area contributed by atoms with E-state index in [1.165, 1.54) is 0 Å². The molecule has 0 aromatic carbocycles. The molecular weight excluding hydrogens is 316 g/mol. The van der Waals surface area contributed by atoms with Gasteiger partial charge in [-0.05, 0) is 34.5 Å². The van der Waals surface area contributed by atoms with Gasteiger partial charge in [0.05, 0.1) is 10.2 Å². The molecule has 2 aromatic rings. The van der Waals surface area contributed by atoms with Crippen molar-refractivity contribution < 1.29 is 0 Å². The lowest BCUT2D eigenvalue weighted by atomic mass is 9.91. The number of pyridine rings is 1. The van der Waals surface area contributed by atoms with E-state index in [1.54, 1.807) is 6.20 Å². The lowest BCUT2D eigenvalue weighted by molar-refractivity contribution is 0.564. The highest BCUT2D eigenvalue weighted by atomic mass is 79.9. The molecule has 0 aliphatic heterocycles. The zero-order valence-electron chi connectivity index (χ0n) is 12.5. The van der Waals surface area contributed by atoms with Crippen molar-refractivity contribution in [2.45, 2.75) is 33.1 Å². The highest BCUT2D eigenvalue weighted by molar-refractivity contribution is 9.10. The third kappa shape index (κ3) is 2.82. The van der Waals surface area contributed by atoms with Gasteiger partial charge in [-0.3, -0.25) is 4.98 Å². The van der Waals surface area contributed by atoms with Crippen LogP contribution in [0.1, 0.15) is 32.0 Å². The second-order valence-corrected chi connectivity index (χ2v) is 6.52. The van der Waals surface area contributed by atoms with Gasteiger partial charge in [0, 0.05) is 18.7 Å². The van der Waals surface area contributed by atoms with Crippen molar-refractivity contribution in [3.05, 3.63) is 34.1 Å². The number of aryl methyl sites for hydroxylation is 1. The van der Waals surface area contributed by atoms with Gasteiger partial charge in [0.1, 0.15) is 11.5 Å². The van der Waals surface area contributed by atoms with E-state index in [0.29, 0.717) is 5.82 Å². The Balaban J connectivity index is 2.70. The lowest BCUT2D eigenvalue weighted by Crippen LogP contribution is -2.17. The van der Waals surface area contributed by atoms with Gasteiger partial charge >= 0.3 is 0 Å². The zero-order chi connectivity index (χ0) is 14.9. The van der Waals surface area contributed by atoms with Crippen LogP contribution in [-0.2, 0) is 5.41 Å². The van der Waals surface area contributed by atoms with E-state index in [0.717, 1.165) is 27.2 Å². The summed E-state index contributed by atoms with van der Waals surface area (Å²) in [6, 6.07) is 3.94. The highest BCUT2D eigenvalue weighted by Crippen LogP contribution is 2.34. The van der Waals surface area contributed by atoms with Gasteiger partial charge in [0.2, 0.25) is 0 Å². The molecule has 106 valence electrons. The van der Waals surface area contributed by atoms with E-state index in [9.17, 15) is 0 Å². The van der Waals surface area contributed by atoms with E-state index in [1.807, 2.05) is 26.1 Å². The average Bonchev–Trinajstić information content (AvgIpc) is 2.38. The summed E-state index contributed by atoms with van der Waals surface area (Å²) < 4.78 is 0.907. The minimum atomic E-state index is -0.0786. The van der Waals surface area contributed by atoms with Gasteiger partial charge in [-0.1, -0.05) is 26.8 Å². The van der Waals surface area contributed by atoms with Crippen LogP contribution < -0.4 is 5.32 Å². The molecule has 4 nitrogen and oxygen atoms in total. The van der Waals surface area contributed by atoms with Crippen LogP contribution in [-0.4, -0.2) is 22.0 Å².